The van der Waals surface area contributed by atoms with Crippen molar-refractivity contribution in [3.05, 3.63) is 16.9 Å². The van der Waals surface area contributed by atoms with Crippen molar-refractivity contribution in [1.29, 1.82) is 0 Å². The molecule has 1 nitrogen and oxygen atoms in total. The summed E-state index contributed by atoms with van der Waals surface area (Å²) in [6, 6.07) is 0. The quantitative estimate of drug-likeness (QED) is 0.532. The molecule has 1 atom stereocenters. The first-order chi connectivity index (χ1) is 4.04. The van der Waals surface area contributed by atoms with E-state index in [9.17, 15) is 0 Å². The molecule has 0 aliphatic carbocycles. The van der Waals surface area contributed by atoms with Crippen LogP contribution in [0.15, 0.2) is 16.9 Å². The Morgan fingerprint density at radius 1 is 1.33 bits per heavy atom. The van der Waals surface area contributed by atoms with Gasteiger partial charge in [-0.15, -0.1) is 5.73 Å². The van der Waals surface area contributed by atoms with Gasteiger partial charge in [0.1, 0.15) is 0 Å². The Labute approximate surface area is 56.7 Å². The predicted octanol–water partition coefficient (Wildman–Crippen LogP) is 1.88. The van der Waals surface area contributed by atoms with E-state index in [0.717, 1.165) is 11.1 Å². The fourth-order valence-electron chi connectivity index (χ4n) is 0.499. The van der Waals surface area contributed by atoms with E-state index in [-0.39, 0.29) is 6.10 Å². The molecule has 1 unspecified atom stereocenters. The summed E-state index contributed by atoms with van der Waals surface area (Å²) >= 11 is 0. The van der Waals surface area contributed by atoms with E-state index in [2.05, 4.69) is 5.73 Å². The molecule has 0 bridgehead atoms. The predicted molar refractivity (Wildman–Crippen MR) is 39.2 cm³/mol. The molecule has 0 saturated heterocycles. The Bertz CT molecular complexity index is 144. The maximum Gasteiger partial charge on any atom is 0.0792 e. The molecule has 0 heterocycles. The molecule has 0 rings (SSSR count). The minimum Gasteiger partial charge on any atom is -0.388 e. The number of hydrogen-bond acceptors (Lipinski definition) is 1. The van der Waals surface area contributed by atoms with Crippen molar-refractivity contribution in [2.24, 2.45) is 0 Å². The molecule has 0 saturated carbocycles. The van der Waals surface area contributed by atoms with Crippen LogP contribution in [0.2, 0.25) is 0 Å². The largest absolute Gasteiger partial charge is 0.388 e. The third kappa shape index (κ3) is 4.01. The van der Waals surface area contributed by atoms with Crippen molar-refractivity contribution in [2.45, 2.75) is 33.8 Å². The Kier molecular flexibility index (Phi) is 3.29. The summed E-state index contributed by atoms with van der Waals surface area (Å²) < 4.78 is 0. The lowest BCUT2D eigenvalue weighted by Crippen LogP contribution is -1.99. The van der Waals surface area contributed by atoms with E-state index < -0.39 is 0 Å². The van der Waals surface area contributed by atoms with Crippen molar-refractivity contribution in [2.75, 3.05) is 0 Å². The van der Waals surface area contributed by atoms with Gasteiger partial charge in [0.25, 0.3) is 0 Å². The monoisotopic (exact) mass is 126 g/mol. The van der Waals surface area contributed by atoms with Crippen molar-refractivity contribution < 1.29 is 5.11 Å². The molecule has 0 aromatic rings. The molecule has 1 heteroatoms. The normalized spacial score (nSPS) is 12.1. The molecule has 0 radical (unpaired) electrons. The van der Waals surface area contributed by atoms with E-state index in [0.29, 0.717) is 0 Å². The molecule has 0 aromatic carbocycles. The minimum absolute atomic E-state index is 0.361. The number of aliphatic hydroxyl groups is 1. The van der Waals surface area contributed by atoms with Gasteiger partial charge in [-0.25, -0.2) is 0 Å². The first-order valence-electron chi connectivity index (χ1n) is 3.12. The Morgan fingerprint density at radius 3 is 1.89 bits per heavy atom. The van der Waals surface area contributed by atoms with Gasteiger partial charge in [-0.2, -0.15) is 0 Å². The lowest BCUT2D eigenvalue weighted by molar-refractivity contribution is 0.232. The maximum absolute atomic E-state index is 8.96. The molecule has 0 aromatic heterocycles. The molecule has 0 aliphatic rings. The summed E-state index contributed by atoms with van der Waals surface area (Å²) in [7, 11) is 0. The van der Waals surface area contributed by atoms with Crippen LogP contribution in [0.1, 0.15) is 27.7 Å². The fraction of sp³-hybridized carbons (Fsp3) is 0.625. The third-order valence-corrected chi connectivity index (χ3v) is 1.07. The van der Waals surface area contributed by atoms with E-state index in [1.54, 1.807) is 6.92 Å². The average molecular weight is 126 g/mol. The second-order valence-electron chi connectivity index (χ2n) is 2.48. The average Bonchev–Trinajstić information content (AvgIpc) is 1.63. The van der Waals surface area contributed by atoms with Crippen LogP contribution in [0, 0.1) is 0 Å². The number of aliphatic hydroxyl groups excluding tert-OH is 1. The highest BCUT2D eigenvalue weighted by atomic mass is 16.3. The van der Waals surface area contributed by atoms with Crippen molar-refractivity contribution in [1.82, 2.24) is 0 Å². The van der Waals surface area contributed by atoms with Gasteiger partial charge in [-0.1, -0.05) is 0 Å². The first kappa shape index (κ1) is 8.48. The Balaban J connectivity index is 4.35. The van der Waals surface area contributed by atoms with Crippen LogP contribution in [-0.4, -0.2) is 11.2 Å². The summed E-state index contributed by atoms with van der Waals surface area (Å²) in [4.78, 5) is 0. The molecule has 0 amide bonds. The van der Waals surface area contributed by atoms with E-state index in [1.807, 2.05) is 20.8 Å². The molecule has 0 fully saturated rings. The third-order valence-electron chi connectivity index (χ3n) is 1.07. The van der Waals surface area contributed by atoms with Gasteiger partial charge in [0.15, 0.2) is 0 Å². The molecule has 52 valence electrons. The van der Waals surface area contributed by atoms with Crippen LogP contribution in [0.4, 0.5) is 0 Å². The smallest absolute Gasteiger partial charge is 0.0792 e. The lowest BCUT2D eigenvalue weighted by atomic mass is 10.2. The second-order valence-corrected chi connectivity index (χ2v) is 2.48. The summed E-state index contributed by atoms with van der Waals surface area (Å²) in [5.74, 6) is 0. The topological polar surface area (TPSA) is 20.2 Å². The number of rotatable bonds is 1. The Hall–Kier alpha value is -0.520. The second kappa shape index (κ2) is 3.49. The molecular formula is C8H14O. The molecule has 1 N–H and O–H groups in total. The summed E-state index contributed by atoms with van der Waals surface area (Å²) in [6.45, 7) is 7.54. The summed E-state index contributed by atoms with van der Waals surface area (Å²) in [6.07, 6.45) is -0.361. The van der Waals surface area contributed by atoms with Crippen molar-refractivity contribution in [3.63, 3.8) is 0 Å². The van der Waals surface area contributed by atoms with Crippen LogP contribution >= 0.6 is 0 Å². The standard InChI is InChI=1S/C8H14O/c1-6(2)5-7(3)8(4)9/h8-9H,1-4H3. The van der Waals surface area contributed by atoms with E-state index in [4.69, 9.17) is 5.11 Å². The maximum atomic E-state index is 8.96. The zero-order valence-corrected chi connectivity index (χ0v) is 6.52. The van der Waals surface area contributed by atoms with Gasteiger partial charge in [0.05, 0.1) is 6.10 Å². The van der Waals surface area contributed by atoms with Gasteiger partial charge >= 0.3 is 0 Å². The molecule has 0 aliphatic heterocycles. The van der Waals surface area contributed by atoms with Gasteiger partial charge in [0.2, 0.25) is 0 Å². The zero-order valence-electron chi connectivity index (χ0n) is 6.52. The van der Waals surface area contributed by atoms with Crippen LogP contribution < -0.4 is 0 Å². The lowest BCUT2D eigenvalue weighted by Gasteiger charge is -1.98. The van der Waals surface area contributed by atoms with Crippen LogP contribution in [0.25, 0.3) is 0 Å². The number of hydrogen-bond donors (Lipinski definition) is 1. The van der Waals surface area contributed by atoms with Crippen molar-refractivity contribution in [3.8, 4) is 0 Å². The van der Waals surface area contributed by atoms with Gasteiger partial charge in [0, 0.05) is 0 Å². The SMILES string of the molecule is CC(C)=C=C(C)C(C)O. The van der Waals surface area contributed by atoms with E-state index in [1.165, 1.54) is 0 Å². The molecule has 9 heavy (non-hydrogen) atoms. The summed E-state index contributed by atoms with van der Waals surface area (Å²) in [5, 5.41) is 8.96. The Morgan fingerprint density at radius 2 is 1.78 bits per heavy atom. The van der Waals surface area contributed by atoms with Gasteiger partial charge in [-0.3, -0.25) is 0 Å². The molecular weight excluding hydrogens is 112 g/mol. The van der Waals surface area contributed by atoms with Crippen LogP contribution in [0.3, 0.4) is 0 Å². The van der Waals surface area contributed by atoms with Gasteiger partial charge < -0.3 is 5.11 Å². The zero-order chi connectivity index (χ0) is 7.44. The summed E-state index contributed by atoms with van der Waals surface area (Å²) in [5.41, 5.74) is 5.03. The minimum atomic E-state index is -0.361. The fourth-order valence-corrected chi connectivity index (χ4v) is 0.499. The van der Waals surface area contributed by atoms with Crippen LogP contribution in [-0.2, 0) is 0 Å². The first-order valence-corrected chi connectivity index (χ1v) is 3.12. The van der Waals surface area contributed by atoms with Crippen LogP contribution in [0.5, 0.6) is 0 Å². The van der Waals surface area contributed by atoms with E-state index >= 15 is 0 Å². The van der Waals surface area contributed by atoms with Crippen molar-refractivity contribution >= 4 is 0 Å². The highest BCUT2D eigenvalue weighted by Gasteiger charge is 1.93. The van der Waals surface area contributed by atoms with Gasteiger partial charge in [-0.05, 0) is 38.8 Å². The highest BCUT2D eigenvalue weighted by molar-refractivity contribution is 5.06. The highest BCUT2D eigenvalue weighted by Crippen LogP contribution is 1.98. The molecule has 0 spiro atoms.